The number of aromatic amines is 1. The number of imidazole rings is 1. The number of benzene rings is 1. The molecule has 0 unspecified atom stereocenters. The Morgan fingerprint density at radius 2 is 2.10 bits per heavy atom. The van der Waals surface area contributed by atoms with E-state index in [1.165, 1.54) is 0 Å². The molecule has 1 aliphatic rings. The molecule has 0 radical (unpaired) electrons. The molecule has 1 aromatic heterocycles. The predicted octanol–water partition coefficient (Wildman–Crippen LogP) is 2.93. The zero-order valence-electron chi connectivity index (χ0n) is 11.6. The molecule has 1 N–H and O–H groups in total. The number of nitrogens with one attached hydrogen (secondary N) is 1. The van der Waals surface area contributed by atoms with Crippen LogP contribution in [0.2, 0.25) is 0 Å². The average Bonchev–Trinajstić information content (AvgIpc) is 3.24. The van der Waals surface area contributed by atoms with Gasteiger partial charge in [-0.25, -0.2) is 4.98 Å². The highest BCUT2D eigenvalue weighted by atomic mass is 16.5. The van der Waals surface area contributed by atoms with E-state index in [0.717, 1.165) is 42.0 Å². The molecule has 0 bridgehead atoms. The van der Waals surface area contributed by atoms with Gasteiger partial charge in [-0.2, -0.15) is 0 Å². The maximum atomic E-state index is 11.9. The van der Waals surface area contributed by atoms with Gasteiger partial charge in [-0.1, -0.05) is 0 Å². The van der Waals surface area contributed by atoms with Gasteiger partial charge in [0.1, 0.15) is 5.75 Å². The predicted molar refractivity (Wildman–Crippen MR) is 76.0 cm³/mol. The molecule has 0 spiro atoms. The molecule has 20 heavy (non-hydrogen) atoms. The molecule has 3 rings (SSSR count). The minimum Gasteiger partial charge on any atom is -0.493 e. The van der Waals surface area contributed by atoms with E-state index in [9.17, 15) is 4.79 Å². The summed E-state index contributed by atoms with van der Waals surface area (Å²) in [5, 5.41) is 0. The van der Waals surface area contributed by atoms with Crippen LogP contribution in [0.4, 0.5) is 0 Å². The zero-order chi connectivity index (χ0) is 13.9. The average molecular weight is 270 g/mol. The third-order valence-electron chi connectivity index (χ3n) is 3.63. The normalized spacial score (nSPS) is 14.2. The summed E-state index contributed by atoms with van der Waals surface area (Å²) in [4.78, 5) is 19.2. The Morgan fingerprint density at radius 3 is 2.70 bits per heavy atom. The van der Waals surface area contributed by atoms with Crippen LogP contribution in [0.15, 0.2) is 30.6 Å². The Hall–Kier alpha value is -2.10. The van der Waals surface area contributed by atoms with Crippen molar-refractivity contribution >= 4 is 5.78 Å². The van der Waals surface area contributed by atoms with Crippen molar-refractivity contribution in [2.45, 2.75) is 26.2 Å². The number of Topliss-reactive ketones (excluding diaryl/α,β-unsaturated/α-hetero) is 1. The van der Waals surface area contributed by atoms with Crippen molar-refractivity contribution < 1.29 is 9.53 Å². The number of carbonyl (C=O) groups is 1. The molecule has 1 aromatic carbocycles. The van der Waals surface area contributed by atoms with Crippen molar-refractivity contribution in [1.29, 1.82) is 0 Å². The van der Waals surface area contributed by atoms with Gasteiger partial charge in [-0.3, -0.25) is 4.79 Å². The number of H-pyrrole nitrogens is 1. The van der Waals surface area contributed by atoms with Crippen LogP contribution in [-0.2, 0) is 6.42 Å². The molecule has 1 saturated carbocycles. The number of aromatic nitrogens is 2. The van der Waals surface area contributed by atoms with Crippen LogP contribution in [0.3, 0.4) is 0 Å². The Kier molecular flexibility index (Phi) is 3.54. The third-order valence-corrected chi connectivity index (χ3v) is 3.63. The van der Waals surface area contributed by atoms with Gasteiger partial charge in [0.05, 0.1) is 18.6 Å². The SMILES string of the molecule is Cc1[nH]cnc1CCOc1ccc(C(=O)C2CC2)cc1. The fourth-order valence-corrected chi connectivity index (χ4v) is 2.20. The van der Waals surface area contributed by atoms with Crippen molar-refractivity contribution in [2.24, 2.45) is 5.92 Å². The highest BCUT2D eigenvalue weighted by molar-refractivity contribution is 5.99. The summed E-state index contributed by atoms with van der Waals surface area (Å²) in [5.41, 5.74) is 2.91. The topological polar surface area (TPSA) is 55.0 Å². The van der Waals surface area contributed by atoms with Crippen molar-refractivity contribution in [3.8, 4) is 5.75 Å². The van der Waals surface area contributed by atoms with E-state index >= 15 is 0 Å². The Labute approximate surface area is 118 Å². The van der Waals surface area contributed by atoms with Gasteiger partial charge in [0.2, 0.25) is 0 Å². The van der Waals surface area contributed by atoms with Crippen molar-refractivity contribution in [1.82, 2.24) is 9.97 Å². The summed E-state index contributed by atoms with van der Waals surface area (Å²) in [6, 6.07) is 7.45. The van der Waals surface area contributed by atoms with Crippen LogP contribution >= 0.6 is 0 Å². The maximum absolute atomic E-state index is 11.9. The number of aryl methyl sites for hydroxylation is 1. The van der Waals surface area contributed by atoms with E-state index in [2.05, 4.69) is 9.97 Å². The first-order chi connectivity index (χ1) is 9.74. The number of hydrogen-bond donors (Lipinski definition) is 1. The minimum absolute atomic E-state index is 0.267. The lowest BCUT2D eigenvalue weighted by atomic mass is 10.1. The first-order valence-electron chi connectivity index (χ1n) is 7.00. The van der Waals surface area contributed by atoms with E-state index < -0.39 is 0 Å². The molecule has 104 valence electrons. The smallest absolute Gasteiger partial charge is 0.165 e. The lowest BCUT2D eigenvalue weighted by Gasteiger charge is -2.06. The third kappa shape index (κ3) is 2.90. The number of nitrogens with zero attached hydrogens (tertiary/aromatic N) is 1. The van der Waals surface area contributed by atoms with E-state index in [4.69, 9.17) is 4.74 Å². The fourth-order valence-electron chi connectivity index (χ4n) is 2.20. The monoisotopic (exact) mass is 270 g/mol. The van der Waals surface area contributed by atoms with Crippen LogP contribution in [0.5, 0.6) is 5.75 Å². The molecule has 1 fully saturated rings. The van der Waals surface area contributed by atoms with E-state index in [1.54, 1.807) is 6.33 Å². The van der Waals surface area contributed by atoms with Crippen LogP contribution < -0.4 is 4.74 Å². The minimum atomic E-state index is 0.267. The Morgan fingerprint density at radius 1 is 1.35 bits per heavy atom. The number of rotatable bonds is 6. The molecule has 0 saturated heterocycles. The maximum Gasteiger partial charge on any atom is 0.165 e. The summed E-state index contributed by atoms with van der Waals surface area (Å²) in [5.74, 6) is 1.33. The number of ether oxygens (including phenoxy) is 1. The van der Waals surface area contributed by atoms with Gasteiger partial charge < -0.3 is 9.72 Å². The molecular weight excluding hydrogens is 252 g/mol. The molecule has 0 aliphatic heterocycles. The molecule has 1 aliphatic carbocycles. The van der Waals surface area contributed by atoms with Crippen molar-refractivity contribution in [3.63, 3.8) is 0 Å². The van der Waals surface area contributed by atoms with Gasteiger partial charge in [0.15, 0.2) is 5.78 Å². The van der Waals surface area contributed by atoms with Gasteiger partial charge in [0, 0.05) is 23.6 Å². The Bertz CT molecular complexity index is 597. The molecule has 1 heterocycles. The summed E-state index contributed by atoms with van der Waals surface area (Å²) in [6.45, 7) is 2.59. The van der Waals surface area contributed by atoms with Gasteiger partial charge in [-0.15, -0.1) is 0 Å². The van der Waals surface area contributed by atoms with Crippen molar-refractivity contribution in [3.05, 3.63) is 47.5 Å². The van der Waals surface area contributed by atoms with Gasteiger partial charge >= 0.3 is 0 Å². The zero-order valence-corrected chi connectivity index (χ0v) is 11.6. The molecule has 0 atom stereocenters. The molecule has 4 nitrogen and oxygen atoms in total. The first kappa shape index (κ1) is 12.9. The highest BCUT2D eigenvalue weighted by Gasteiger charge is 2.30. The first-order valence-corrected chi connectivity index (χ1v) is 7.00. The largest absolute Gasteiger partial charge is 0.493 e. The molecule has 0 amide bonds. The van der Waals surface area contributed by atoms with Crippen LogP contribution in [0.1, 0.15) is 34.6 Å². The number of ketones is 1. The quantitative estimate of drug-likeness (QED) is 0.821. The number of carbonyl (C=O) groups excluding carboxylic acids is 1. The van der Waals surface area contributed by atoms with E-state index in [1.807, 2.05) is 31.2 Å². The summed E-state index contributed by atoms with van der Waals surface area (Å²) >= 11 is 0. The van der Waals surface area contributed by atoms with Gasteiger partial charge in [0.25, 0.3) is 0 Å². The lowest BCUT2D eigenvalue weighted by molar-refractivity contribution is 0.0967. The molecule has 2 aromatic rings. The van der Waals surface area contributed by atoms with Gasteiger partial charge in [-0.05, 0) is 44.0 Å². The van der Waals surface area contributed by atoms with E-state index in [0.29, 0.717) is 6.61 Å². The van der Waals surface area contributed by atoms with E-state index in [-0.39, 0.29) is 11.7 Å². The molecular formula is C16H18N2O2. The fraction of sp³-hybridized carbons (Fsp3) is 0.375. The van der Waals surface area contributed by atoms with Crippen LogP contribution in [-0.4, -0.2) is 22.4 Å². The molecule has 4 heteroatoms. The summed E-state index contributed by atoms with van der Waals surface area (Å²) < 4.78 is 5.68. The Balaban J connectivity index is 1.53. The van der Waals surface area contributed by atoms with Crippen LogP contribution in [0, 0.1) is 12.8 Å². The second kappa shape index (κ2) is 5.49. The van der Waals surface area contributed by atoms with Crippen molar-refractivity contribution in [2.75, 3.05) is 6.61 Å². The summed E-state index contributed by atoms with van der Waals surface area (Å²) in [7, 11) is 0. The second-order valence-electron chi connectivity index (χ2n) is 5.24. The standard InChI is InChI=1S/C16H18N2O2/c1-11-15(18-10-17-11)8-9-20-14-6-4-13(5-7-14)16(19)12-2-3-12/h4-7,10,12H,2-3,8-9H2,1H3,(H,17,18). The number of hydrogen-bond acceptors (Lipinski definition) is 3. The lowest BCUT2D eigenvalue weighted by Crippen LogP contribution is -2.04. The van der Waals surface area contributed by atoms with Crippen LogP contribution in [0.25, 0.3) is 0 Å². The highest BCUT2D eigenvalue weighted by Crippen LogP contribution is 2.32. The summed E-state index contributed by atoms with van der Waals surface area (Å²) in [6.07, 6.45) is 4.56. The second-order valence-corrected chi connectivity index (χ2v) is 5.24.